The van der Waals surface area contributed by atoms with E-state index in [2.05, 4.69) is 31.0 Å². The van der Waals surface area contributed by atoms with Crippen molar-refractivity contribution in [3.63, 3.8) is 0 Å². The fourth-order valence-electron chi connectivity index (χ4n) is 2.37. The van der Waals surface area contributed by atoms with Crippen LogP contribution in [-0.2, 0) is 6.42 Å². The summed E-state index contributed by atoms with van der Waals surface area (Å²) in [6, 6.07) is 0. The van der Waals surface area contributed by atoms with Crippen molar-refractivity contribution in [3.05, 3.63) is 11.3 Å². The number of hydrogen-bond acceptors (Lipinski definition) is 2. The van der Waals surface area contributed by atoms with Crippen LogP contribution in [0.25, 0.3) is 0 Å². The molecule has 0 saturated heterocycles. The van der Waals surface area contributed by atoms with Crippen molar-refractivity contribution < 1.29 is 0 Å². The molecule has 0 aliphatic carbocycles. The zero-order valence-electron chi connectivity index (χ0n) is 10.8. The van der Waals surface area contributed by atoms with Crippen LogP contribution in [0.3, 0.4) is 0 Å². The predicted octanol–water partition coefficient (Wildman–Crippen LogP) is 3.63. The van der Waals surface area contributed by atoms with Gasteiger partial charge in [-0.05, 0) is 19.3 Å². The topological polar surface area (TPSA) is 54.7 Å². The molecule has 16 heavy (non-hydrogen) atoms. The van der Waals surface area contributed by atoms with Gasteiger partial charge in [-0.15, -0.1) is 0 Å². The summed E-state index contributed by atoms with van der Waals surface area (Å²) in [5, 5.41) is 7.33. The Balaban J connectivity index is 2.89. The van der Waals surface area contributed by atoms with E-state index >= 15 is 0 Å². The minimum Gasteiger partial charge on any atom is -0.382 e. The van der Waals surface area contributed by atoms with Crippen LogP contribution in [-0.4, -0.2) is 10.2 Å². The average molecular weight is 223 g/mol. The molecule has 0 bridgehead atoms. The molecule has 3 nitrogen and oxygen atoms in total. The first kappa shape index (κ1) is 13.1. The van der Waals surface area contributed by atoms with Crippen molar-refractivity contribution in [2.45, 2.75) is 65.2 Å². The maximum absolute atomic E-state index is 5.92. The van der Waals surface area contributed by atoms with E-state index in [0.29, 0.717) is 11.7 Å². The number of rotatable bonds is 7. The zero-order valence-corrected chi connectivity index (χ0v) is 10.8. The van der Waals surface area contributed by atoms with Gasteiger partial charge >= 0.3 is 0 Å². The van der Waals surface area contributed by atoms with Crippen LogP contribution in [0.4, 0.5) is 5.82 Å². The van der Waals surface area contributed by atoms with Crippen LogP contribution >= 0.6 is 0 Å². The lowest BCUT2D eigenvalue weighted by atomic mass is 9.91. The second-order valence-electron chi connectivity index (χ2n) is 4.53. The molecular formula is C13H25N3. The number of aromatic amines is 1. The summed E-state index contributed by atoms with van der Waals surface area (Å²) in [6.07, 6.45) is 7.06. The van der Waals surface area contributed by atoms with Crippen molar-refractivity contribution in [1.82, 2.24) is 10.2 Å². The molecule has 92 valence electrons. The molecule has 0 radical (unpaired) electrons. The summed E-state index contributed by atoms with van der Waals surface area (Å²) < 4.78 is 0. The molecule has 0 atom stereocenters. The molecular weight excluding hydrogens is 198 g/mol. The van der Waals surface area contributed by atoms with Gasteiger partial charge in [0.25, 0.3) is 0 Å². The van der Waals surface area contributed by atoms with E-state index in [-0.39, 0.29) is 0 Å². The largest absolute Gasteiger partial charge is 0.382 e. The standard InChI is InChI=1S/C13H25N3/c1-4-7-10(8-5-2)12-11(9-6-3)13(14)16-15-12/h10H,4-9H2,1-3H3,(H3,14,15,16). The van der Waals surface area contributed by atoms with E-state index in [9.17, 15) is 0 Å². The Morgan fingerprint density at radius 3 is 2.25 bits per heavy atom. The number of aromatic nitrogens is 2. The Labute approximate surface area is 98.8 Å². The Kier molecular flexibility index (Phi) is 5.36. The zero-order chi connectivity index (χ0) is 12.0. The van der Waals surface area contributed by atoms with Gasteiger partial charge in [-0.1, -0.05) is 40.0 Å². The molecule has 0 aliphatic rings. The summed E-state index contributed by atoms with van der Waals surface area (Å²) in [6.45, 7) is 6.66. The van der Waals surface area contributed by atoms with E-state index in [1.54, 1.807) is 0 Å². The van der Waals surface area contributed by atoms with Crippen LogP contribution in [0.2, 0.25) is 0 Å². The minimum absolute atomic E-state index is 0.612. The van der Waals surface area contributed by atoms with Crippen LogP contribution in [0.15, 0.2) is 0 Å². The lowest BCUT2D eigenvalue weighted by Crippen LogP contribution is -2.03. The van der Waals surface area contributed by atoms with Crippen LogP contribution in [0.1, 0.15) is 70.1 Å². The highest BCUT2D eigenvalue weighted by Gasteiger charge is 2.18. The minimum atomic E-state index is 0.612. The summed E-state index contributed by atoms with van der Waals surface area (Å²) in [4.78, 5) is 0. The van der Waals surface area contributed by atoms with E-state index in [1.165, 1.54) is 36.9 Å². The maximum Gasteiger partial charge on any atom is 0.148 e. The fraction of sp³-hybridized carbons (Fsp3) is 0.769. The molecule has 1 rings (SSSR count). The van der Waals surface area contributed by atoms with Crippen molar-refractivity contribution >= 4 is 5.82 Å². The van der Waals surface area contributed by atoms with Gasteiger partial charge in [-0.25, -0.2) is 0 Å². The van der Waals surface area contributed by atoms with Crippen LogP contribution in [0, 0.1) is 0 Å². The van der Waals surface area contributed by atoms with E-state index < -0.39 is 0 Å². The normalized spacial score (nSPS) is 11.2. The third-order valence-corrected chi connectivity index (χ3v) is 3.11. The molecule has 1 heterocycles. The summed E-state index contributed by atoms with van der Waals surface area (Å²) in [7, 11) is 0. The molecule has 1 aromatic rings. The highest BCUT2D eigenvalue weighted by molar-refractivity contribution is 5.43. The number of nitrogens with one attached hydrogen (secondary N) is 1. The smallest absolute Gasteiger partial charge is 0.148 e. The number of nitrogens with two attached hydrogens (primary N) is 1. The average Bonchev–Trinajstić information content (AvgIpc) is 2.61. The van der Waals surface area contributed by atoms with Crippen molar-refractivity contribution in [3.8, 4) is 0 Å². The van der Waals surface area contributed by atoms with Gasteiger partial charge in [0, 0.05) is 17.2 Å². The maximum atomic E-state index is 5.92. The van der Waals surface area contributed by atoms with Gasteiger partial charge in [-0.3, -0.25) is 5.10 Å². The van der Waals surface area contributed by atoms with Gasteiger partial charge in [0.05, 0.1) is 0 Å². The van der Waals surface area contributed by atoms with E-state index in [0.717, 1.165) is 12.8 Å². The van der Waals surface area contributed by atoms with Crippen LogP contribution in [0.5, 0.6) is 0 Å². The monoisotopic (exact) mass is 223 g/mol. The molecule has 3 N–H and O–H groups in total. The Bertz CT molecular complexity index is 298. The fourth-order valence-corrected chi connectivity index (χ4v) is 2.37. The first-order valence-electron chi connectivity index (χ1n) is 6.57. The number of nitrogen functional groups attached to an aromatic ring is 1. The van der Waals surface area contributed by atoms with Crippen LogP contribution < -0.4 is 5.73 Å². The summed E-state index contributed by atoms with van der Waals surface area (Å²) in [5.74, 6) is 1.32. The summed E-state index contributed by atoms with van der Waals surface area (Å²) >= 11 is 0. The quantitative estimate of drug-likeness (QED) is 0.741. The molecule has 0 unspecified atom stereocenters. The molecule has 0 amide bonds. The third-order valence-electron chi connectivity index (χ3n) is 3.11. The van der Waals surface area contributed by atoms with E-state index in [1.807, 2.05) is 0 Å². The molecule has 0 aromatic carbocycles. The molecule has 0 saturated carbocycles. The molecule has 0 spiro atoms. The second kappa shape index (κ2) is 6.56. The van der Waals surface area contributed by atoms with Gasteiger partial charge in [0.15, 0.2) is 0 Å². The molecule has 3 heteroatoms. The lowest BCUT2D eigenvalue weighted by molar-refractivity contribution is 0.542. The Morgan fingerprint density at radius 2 is 1.75 bits per heavy atom. The van der Waals surface area contributed by atoms with Gasteiger partial charge in [0.2, 0.25) is 0 Å². The SMILES string of the molecule is CCCc1c(N)n[nH]c1C(CCC)CCC. The third kappa shape index (κ3) is 3.00. The Hall–Kier alpha value is -0.990. The lowest BCUT2D eigenvalue weighted by Gasteiger charge is -2.15. The van der Waals surface area contributed by atoms with E-state index in [4.69, 9.17) is 5.73 Å². The highest BCUT2D eigenvalue weighted by Crippen LogP contribution is 2.30. The predicted molar refractivity (Wildman–Crippen MR) is 69.6 cm³/mol. The first-order valence-corrected chi connectivity index (χ1v) is 6.57. The highest BCUT2D eigenvalue weighted by atomic mass is 15.2. The molecule has 0 fully saturated rings. The number of H-pyrrole nitrogens is 1. The Morgan fingerprint density at radius 1 is 1.12 bits per heavy atom. The van der Waals surface area contributed by atoms with Crippen molar-refractivity contribution in [2.75, 3.05) is 5.73 Å². The number of anilines is 1. The second-order valence-corrected chi connectivity index (χ2v) is 4.53. The van der Waals surface area contributed by atoms with Gasteiger partial charge in [-0.2, -0.15) is 5.10 Å². The molecule has 1 aromatic heterocycles. The van der Waals surface area contributed by atoms with Gasteiger partial charge < -0.3 is 5.73 Å². The van der Waals surface area contributed by atoms with Crippen molar-refractivity contribution in [2.24, 2.45) is 0 Å². The number of nitrogens with zero attached hydrogens (tertiary/aromatic N) is 1. The van der Waals surface area contributed by atoms with Crippen molar-refractivity contribution in [1.29, 1.82) is 0 Å². The molecule has 0 aliphatic heterocycles. The first-order chi connectivity index (χ1) is 7.74. The summed E-state index contributed by atoms with van der Waals surface area (Å²) in [5.41, 5.74) is 8.47. The number of hydrogen-bond donors (Lipinski definition) is 2. The van der Waals surface area contributed by atoms with Gasteiger partial charge in [0.1, 0.15) is 5.82 Å².